The number of rotatable bonds is 37. The van der Waals surface area contributed by atoms with Crippen molar-refractivity contribution in [1.29, 1.82) is 0 Å². The third kappa shape index (κ3) is 53.6. The Kier molecular flexibility index (Phi) is 65.3. The number of hydrogen-bond donors (Lipinski definition) is 1. The predicted molar refractivity (Wildman–Crippen MR) is 288 cm³/mol. The summed E-state index contributed by atoms with van der Waals surface area (Å²) < 4.78 is 145. The molecule has 0 heterocycles. The number of carbonyl (C=O) groups is 1. The number of carbonyl (C=O) groups excluding carboxylic acids is 1. The van der Waals surface area contributed by atoms with Crippen molar-refractivity contribution in [1.82, 2.24) is 5.32 Å². The average Bonchev–Trinajstić information content (AvgIpc) is 3.39. The highest BCUT2D eigenvalue weighted by atomic mass is 31.2. The molecular weight excluding hydrogens is 1070 g/mol. The van der Waals surface area contributed by atoms with Crippen LogP contribution in [-0.2, 0) is 105 Å². The largest absolute Gasteiger partial charge is 0.382 e. The molecule has 0 bridgehead atoms. The molecule has 1 N–H and O–H groups in total. The molecule has 1 amide bonds. The summed E-state index contributed by atoms with van der Waals surface area (Å²) in [6.45, 7) is 14.6. The molecule has 24 nitrogen and oxygen atoms in total. The number of hydrogen-bond acceptors (Lipinski definition) is 23. The van der Waals surface area contributed by atoms with Gasteiger partial charge in [0.15, 0.2) is 0 Å². The fraction of sp³-hybridized carbons (Fsp3) is 0.976. The Bertz CT molecular complexity index is 1450. The van der Waals surface area contributed by atoms with E-state index in [0.29, 0.717) is 69.5 Å². The van der Waals surface area contributed by atoms with Gasteiger partial charge >= 0.3 is 45.6 Å². The molecule has 0 aliphatic rings. The zero-order valence-corrected chi connectivity index (χ0v) is 52.3. The lowest BCUT2D eigenvalue weighted by Gasteiger charge is -2.16. The quantitative estimate of drug-likeness (QED) is 0.0447. The van der Waals surface area contributed by atoms with E-state index in [-0.39, 0.29) is 38.8 Å². The number of nitrogens with one attached hydrogen (secondary N) is 1. The van der Waals surface area contributed by atoms with Crippen LogP contribution in [0.25, 0.3) is 0 Å². The van der Waals surface area contributed by atoms with Gasteiger partial charge in [-0.05, 0) is 31.1 Å². The smallest absolute Gasteiger partial charge is 0.332 e. The summed E-state index contributed by atoms with van der Waals surface area (Å²) >= 11 is 0. The first-order valence-corrected chi connectivity index (χ1v) is 33.2. The lowest BCUT2D eigenvalue weighted by molar-refractivity contribution is -0.126. The van der Waals surface area contributed by atoms with Crippen LogP contribution in [0, 0.1) is 11.8 Å². The highest BCUT2D eigenvalue weighted by molar-refractivity contribution is 7.55. The number of ether oxygens (including phenoxy) is 4. The second-order valence-electron chi connectivity index (χ2n) is 14.7. The molecule has 0 fully saturated rings. The summed E-state index contributed by atoms with van der Waals surface area (Å²) in [6.07, 6.45) is 7.03. The van der Waals surface area contributed by atoms with Gasteiger partial charge in [-0.2, -0.15) is 0 Å². The van der Waals surface area contributed by atoms with Crippen molar-refractivity contribution in [3.05, 3.63) is 0 Å². The second kappa shape index (κ2) is 54.6. The minimum atomic E-state index is -3.05. The van der Waals surface area contributed by atoms with E-state index in [1.165, 1.54) is 85.3 Å². The third-order valence-electron chi connectivity index (χ3n) is 9.15. The summed E-state index contributed by atoms with van der Waals surface area (Å²) in [6, 6.07) is 0. The van der Waals surface area contributed by atoms with Crippen molar-refractivity contribution in [2.24, 2.45) is 11.8 Å². The van der Waals surface area contributed by atoms with E-state index in [1.54, 1.807) is 14.2 Å². The molecule has 72 heavy (non-hydrogen) atoms. The molecule has 0 aliphatic carbocycles. The lowest BCUT2D eigenvalue weighted by Crippen LogP contribution is -2.30. The van der Waals surface area contributed by atoms with Crippen LogP contribution in [0.15, 0.2) is 0 Å². The molecule has 0 aliphatic heterocycles. The second-order valence-corrected chi connectivity index (χ2v) is 29.0. The van der Waals surface area contributed by atoms with Gasteiger partial charge in [-0.3, -0.25) is 32.2 Å². The fourth-order valence-electron chi connectivity index (χ4n) is 4.17. The molecule has 0 radical (unpaired) electrons. The van der Waals surface area contributed by atoms with E-state index in [4.69, 9.17) is 64.2 Å². The Hall–Kier alpha value is 0.210. The molecular formula is C42H103NO23P6. The van der Waals surface area contributed by atoms with E-state index in [9.17, 15) is 32.2 Å². The van der Waals surface area contributed by atoms with Gasteiger partial charge in [-0.1, -0.05) is 61.8 Å². The zero-order valence-electron chi connectivity index (χ0n) is 47.0. The standard InChI is InChI=1S/C9H20NO6P.C7H17O5P.2C7H17O3P.C6H15O3P.C5H13O3P.CH4/c1-13-5-6-16-8-9(11)10-4-7-17(12,14-2)15-3;1-9-4-5-12-6-7-13(8,10-2)11-3;1-7(2)5-6-11(8,9-3)10-4;1-5-7(2)6-11(8,9-3)10-4;1-4-5-6-10(7,8-2)9-3;1-4-5-9(6,7-2)8-3;/h4-8H2,1-3H3,(H,10,11);4-7H2,1-3H3;2*7H,5-6H2,1-4H3;4-6H2,1-3H3;4-5H2,1-3H3;1H4. The van der Waals surface area contributed by atoms with Crippen molar-refractivity contribution in [2.45, 2.75) is 81.1 Å². The maximum absolute atomic E-state index is 11.6. The van der Waals surface area contributed by atoms with Crippen molar-refractivity contribution in [2.75, 3.05) is 183 Å². The third-order valence-corrected chi connectivity index (χ3v) is 21.1. The van der Waals surface area contributed by atoms with E-state index in [1.807, 2.05) is 20.8 Å². The zero-order chi connectivity index (χ0) is 56.5. The van der Waals surface area contributed by atoms with E-state index >= 15 is 0 Å². The molecule has 0 saturated heterocycles. The Balaban J connectivity index is -0.000000142. The molecule has 30 heteroatoms. The van der Waals surface area contributed by atoms with Crippen LogP contribution < -0.4 is 5.32 Å². The maximum Gasteiger partial charge on any atom is 0.332 e. The fourth-order valence-corrected chi connectivity index (χ4v) is 11.0. The van der Waals surface area contributed by atoms with Crippen molar-refractivity contribution >= 4 is 51.5 Å². The van der Waals surface area contributed by atoms with Crippen LogP contribution in [0.1, 0.15) is 81.1 Å². The topological polar surface area (TPSA) is 279 Å². The SMILES string of the molecule is C.CCC(C)CP(=O)(OC)OC.CCCCP(=O)(OC)OC.CCCP(=O)(OC)OC.COCCOCC(=O)NCCP(=O)(OC)OC.COCCOCCP(=O)(OC)OC.COP(=O)(CCC(C)C)OC. The van der Waals surface area contributed by atoms with Gasteiger partial charge in [0.2, 0.25) is 5.91 Å². The van der Waals surface area contributed by atoms with Crippen molar-refractivity contribution in [3.8, 4) is 0 Å². The normalized spacial score (nSPS) is 12.2. The molecule has 1 atom stereocenters. The van der Waals surface area contributed by atoms with E-state index < -0.39 is 45.6 Å². The van der Waals surface area contributed by atoms with Crippen LogP contribution in [0.5, 0.6) is 0 Å². The predicted octanol–water partition coefficient (Wildman–Crippen LogP) is 11.2. The van der Waals surface area contributed by atoms with Gasteiger partial charge in [-0.25, -0.2) is 0 Å². The van der Waals surface area contributed by atoms with Gasteiger partial charge < -0.3 is 78.5 Å². The number of amides is 1. The van der Waals surface area contributed by atoms with Gasteiger partial charge in [0, 0.05) is 112 Å². The summed E-state index contributed by atoms with van der Waals surface area (Å²) in [5.74, 6) is 0.647. The van der Waals surface area contributed by atoms with Gasteiger partial charge in [-0.15, -0.1) is 0 Å². The van der Waals surface area contributed by atoms with Crippen LogP contribution in [-0.4, -0.2) is 189 Å². The number of methoxy groups -OCH3 is 2. The molecule has 0 aromatic heterocycles. The minimum Gasteiger partial charge on any atom is -0.382 e. The molecule has 0 saturated carbocycles. The summed E-state index contributed by atoms with van der Waals surface area (Å²) in [5.41, 5.74) is 0. The maximum atomic E-state index is 11.6. The van der Waals surface area contributed by atoms with Crippen LogP contribution in [0.3, 0.4) is 0 Å². The van der Waals surface area contributed by atoms with Crippen molar-refractivity contribution in [3.63, 3.8) is 0 Å². The molecule has 0 spiro atoms. The van der Waals surface area contributed by atoms with Crippen LogP contribution in [0.2, 0.25) is 0 Å². The molecule has 444 valence electrons. The highest BCUT2D eigenvalue weighted by Gasteiger charge is 2.24. The summed E-state index contributed by atoms with van der Waals surface area (Å²) in [7, 11) is 2.99. The lowest BCUT2D eigenvalue weighted by atomic mass is 10.2. The Morgan fingerprint density at radius 3 is 1.12 bits per heavy atom. The minimum absolute atomic E-state index is 0. The number of unbranched alkanes of at least 4 members (excludes halogenated alkanes) is 1. The van der Waals surface area contributed by atoms with Gasteiger partial charge in [0.05, 0.1) is 63.8 Å². The first kappa shape index (κ1) is 86.1. The van der Waals surface area contributed by atoms with Crippen LogP contribution >= 0.6 is 45.6 Å². The average molecular weight is 1180 g/mol. The van der Waals surface area contributed by atoms with Crippen LogP contribution in [0.4, 0.5) is 0 Å². The Morgan fingerprint density at radius 1 is 0.431 bits per heavy atom. The van der Waals surface area contributed by atoms with Crippen molar-refractivity contribution < 1.29 is 105 Å². The monoisotopic (exact) mass is 1180 g/mol. The van der Waals surface area contributed by atoms with Gasteiger partial charge in [0.25, 0.3) is 0 Å². The first-order valence-electron chi connectivity index (χ1n) is 22.9. The van der Waals surface area contributed by atoms with Gasteiger partial charge in [0.1, 0.15) is 6.61 Å². The Labute approximate surface area is 436 Å². The summed E-state index contributed by atoms with van der Waals surface area (Å²) in [4.78, 5) is 11.2. The molecule has 0 aromatic rings. The highest BCUT2D eigenvalue weighted by Crippen LogP contribution is 2.50. The molecule has 0 rings (SSSR count). The first-order chi connectivity index (χ1) is 33.2. The molecule has 0 aromatic carbocycles. The summed E-state index contributed by atoms with van der Waals surface area (Å²) in [5, 5.41) is 2.55. The van der Waals surface area contributed by atoms with E-state index in [2.05, 4.69) is 35.1 Å². The Morgan fingerprint density at radius 2 is 0.792 bits per heavy atom. The van der Waals surface area contributed by atoms with E-state index in [0.717, 1.165) is 32.1 Å². The molecule has 1 unspecified atom stereocenters.